The molecule has 2 rings (SSSR count). The van der Waals surface area contributed by atoms with Crippen LogP contribution in [-0.4, -0.2) is 23.0 Å². The number of alkyl halides is 3. The molecular weight excluding hydrogens is 360 g/mol. The summed E-state index contributed by atoms with van der Waals surface area (Å²) >= 11 is 3.03. The van der Waals surface area contributed by atoms with Gasteiger partial charge < -0.3 is 9.72 Å². The van der Waals surface area contributed by atoms with Gasteiger partial charge in [0.2, 0.25) is 0 Å². The molecule has 0 unspecified atom stereocenters. The molecule has 1 aromatic heterocycles. The minimum absolute atomic E-state index is 0.0821. The monoisotopic (exact) mass is 366 g/mol. The Hall–Kier alpha value is -1.90. The summed E-state index contributed by atoms with van der Waals surface area (Å²) in [6, 6.07) is 2.02. The van der Waals surface area contributed by atoms with Crippen LogP contribution in [0.2, 0.25) is 0 Å². The summed E-state index contributed by atoms with van der Waals surface area (Å²) < 4.78 is 56.0. The molecule has 0 fully saturated rings. The normalized spacial score (nSPS) is 11.5. The number of imidazole rings is 1. The van der Waals surface area contributed by atoms with E-state index in [1.54, 1.807) is 0 Å². The van der Waals surface area contributed by atoms with E-state index < -0.39 is 23.7 Å². The van der Waals surface area contributed by atoms with Crippen molar-refractivity contribution in [1.82, 2.24) is 9.97 Å². The Morgan fingerprint density at radius 2 is 2.05 bits per heavy atom. The van der Waals surface area contributed by atoms with Crippen LogP contribution in [0.3, 0.4) is 0 Å². The van der Waals surface area contributed by atoms with E-state index in [2.05, 4.69) is 30.6 Å². The van der Waals surface area contributed by atoms with Crippen molar-refractivity contribution < 1.29 is 27.1 Å². The maximum Gasteiger partial charge on any atom is 0.434 e. The molecule has 0 atom stereocenters. The van der Waals surface area contributed by atoms with Crippen LogP contribution >= 0.6 is 15.9 Å². The zero-order valence-corrected chi connectivity index (χ0v) is 12.0. The summed E-state index contributed by atoms with van der Waals surface area (Å²) in [6.45, 7) is 0. The number of H-pyrrole nitrogens is 1. The van der Waals surface area contributed by atoms with Gasteiger partial charge in [-0.05, 0) is 28.1 Å². The van der Waals surface area contributed by atoms with Crippen LogP contribution in [0, 0.1) is 5.82 Å². The Kier molecular flexibility index (Phi) is 4.04. The highest BCUT2D eigenvalue weighted by Crippen LogP contribution is 2.32. The minimum atomic E-state index is -4.63. The second-order valence-electron chi connectivity index (χ2n) is 3.94. The van der Waals surface area contributed by atoms with E-state index in [1.807, 2.05) is 0 Å². The highest BCUT2D eigenvalue weighted by Gasteiger charge is 2.34. The average molecular weight is 367 g/mol. The number of ether oxygens (including phenoxy) is 1. The van der Waals surface area contributed by atoms with Gasteiger partial charge in [-0.25, -0.2) is 14.2 Å². The van der Waals surface area contributed by atoms with Crippen molar-refractivity contribution in [2.75, 3.05) is 7.11 Å². The summed E-state index contributed by atoms with van der Waals surface area (Å²) in [6.07, 6.45) is -3.99. The molecule has 1 heterocycles. The third-order valence-electron chi connectivity index (χ3n) is 2.59. The highest BCUT2D eigenvalue weighted by atomic mass is 79.9. The molecular formula is C12H7BrF4N2O2. The van der Waals surface area contributed by atoms with E-state index in [4.69, 9.17) is 0 Å². The van der Waals surface area contributed by atoms with Gasteiger partial charge in [-0.3, -0.25) is 0 Å². The lowest BCUT2D eigenvalue weighted by Gasteiger charge is -2.06. The molecule has 0 bridgehead atoms. The van der Waals surface area contributed by atoms with E-state index in [1.165, 1.54) is 0 Å². The Balaban J connectivity index is 2.48. The fourth-order valence-electron chi connectivity index (χ4n) is 1.60. The molecule has 4 nitrogen and oxygen atoms in total. The maximum atomic E-state index is 13.9. The number of hydrogen-bond acceptors (Lipinski definition) is 3. The SMILES string of the molecule is COC(=O)c1cc(F)c(-c2nc(C(F)(F)F)c[nH]2)cc1Br. The molecule has 2 aromatic rings. The number of carbonyl (C=O) groups is 1. The Labute approximate surface area is 124 Å². The third kappa shape index (κ3) is 3.07. The number of esters is 1. The summed E-state index contributed by atoms with van der Waals surface area (Å²) in [5.41, 5.74) is -1.45. The predicted octanol–water partition coefficient (Wildman–Crippen LogP) is 3.78. The zero-order chi connectivity index (χ0) is 15.8. The van der Waals surface area contributed by atoms with E-state index in [-0.39, 0.29) is 21.4 Å². The summed E-state index contributed by atoms with van der Waals surface area (Å²) in [4.78, 5) is 16.9. The first kappa shape index (κ1) is 15.5. The van der Waals surface area contributed by atoms with Gasteiger partial charge in [0.05, 0.1) is 18.2 Å². The predicted molar refractivity (Wildman–Crippen MR) is 68.0 cm³/mol. The molecule has 9 heteroatoms. The number of aromatic amines is 1. The second-order valence-corrected chi connectivity index (χ2v) is 4.79. The molecule has 0 amide bonds. The zero-order valence-electron chi connectivity index (χ0n) is 10.4. The van der Waals surface area contributed by atoms with Crippen LogP contribution in [-0.2, 0) is 10.9 Å². The van der Waals surface area contributed by atoms with Crippen LogP contribution < -0.4 is 0 Å². The lowest BCUT2D eigenvalue weighted by atomic mass is 10.1. The summed E-state index contributed by atoms with van der Waals surface area (Å²) in [5.74, 6) is -1.97. The van der Waals surface area contributed by atoms with Crippen molar-refractivity contribution in [3.8, 4) is 11.4 Å². The van der Waals surface area contributed by atoms with Crippen LogP contribution in [0.25, 0.3) is 11.4 Å². The van der Waals surface area contributed by atoms with Crippen molar-refractivity contribution in [1.29, 1.82) is 0 Å². The highest BCUT2D eigenvalue weighted by molar-refractivity contribution is 9.10. The molecule has 0 spiro atoms. The van der Waals surface area contributed by atoms with Crippen LogP contribution in [0.4, 0.5) is 17.6 Å². The van der Waals surface area contributed by atoms with Crippen molar-refractivity contribution in [2.24, 2.45) is 0 Å². The largest absolute Gasteiger partial charge is 0.465 e. The fourth-order valence-corrected chi connectivity index (χ4v) is 2.10. The van der Waals surface area contributed by atoms with Crippen molar-refractivity contribution in [2.45, 2.75) is 6.18 Å². The Morgan fingerprint density at radius 1 is 1.38 bits per heavy atom. The molecule has 0 aliphatic heterocycles. The molecule has 1 N–H and O–H groups in total. The van der Waals surface area contributed by atoms with E-state index in [0.29, 0.717) is 6.20 Å². The number of hydrogen-bond donors (Lipinski definition) is 1. The van der Waals surface area contributed by atoms with Crippen molar-refractivity contribution in [3.63, 3.8) is 0 Å². The van der Waals surface area contributed by atoms with Gasteiger partial charge in [0.1, 0.15) is 11.6 Å². The smallest absolute Gasteiger partial charge is 0.434 e. The standard InChI is InChI=1S/C12H7BrF4N2O2/c1-21-11(20)5-3-8(14)6(2-7(5)13)10-18-4-9(19-10)12(15,16)17/h2-4H,1H3,(H,18,19). The molecule has 112 valence electrons. The van der Waals surface area contributed by atoms with Gasteiger partial charge in [-0.2, -0.15) is 13.2 Å². The first-order valence-corrected chi connectivity index (χ1v) is 6.23. The third-order valence-corrected chi connectivity index (χ3v) is 3.24. The number of benzene rings is 1. The first-order valence-electron chi connectivity index (χ1n) is 5.44. The van der Waals surface area contributed by atoms with Gasteiger partial charge in [-0.15, -0.1) is 0 Å². The molecule has 0 radical (unpaired) electrons. The number of rotatable bonds is 2. The molecule has 1 aromatic carbocycles. The Bertz CT molecular complexity index is 697. The number of methoxy groups -OCH3 is 1. The van der Waals surface area contributed by atoms with Crippen molar-refractivity contribution in [3.05, 3.63) is 39.9 Å². The quantitative estimate of drug-likeness (QED) is 0.649. The number of nitrogens with one attached hydrogen (secondary N) is 1. The topological polar surface area (TPSA) is 55.0 Å². The van der Waals surface area contributed by atoms with E-state index in [0.717, 1.165) is 19.2 Å². The van der Waals surface area contributed by atoms with Gasteiger partial charge in [-0.1, -0.05) is 0 Å². The maximum absolute atomic E-state index is 13.9. The number of aromatic nitrogens is 2. The molecule has 0 saturated heterocycles. The number of carbonyl (C=O) groups excluding carboxylic acids is 1. The molecule has 21 heavy (non-hydrogen) atoms. The van der Waals surface area contributed by atoms with Crippen LogP contribution in [0.5, 0.6) is 0 Å². The lowest BCUT2D eigenvalue weighted by Crippen LogP contribution is -2.05. The number of nitrogens with zero attached hydrogens (tertiary/aromatic N) is 1. The van der Waals surface area contributed by atoms with E-state index >= 15 is 0 Å². The van der Waals surface area contributed by atoms with Crippen molar-refractivity contribution >= 4 is 21.9 Å². The Morgan fingerprint density at radius 3 is 2.57 bits per heavy atom. The van der Waals surface area contributed by atoms with Crippen LogP contribution in [0.15, 0.2) is 22.8 Å². The van der Waals surface area contributed by atoms with Gasteiger partial charge in [0.25, 0.3) is 0 Å². The number of halogens is 5. The minimum Gasteiger partial charge on any atom is -0.465 e. The van der Waals surface area contributed by atoms with Crippen LogP contribution in [0.1, 0.15) is 16.1 Å². The molecule has 0 saturated carbocycles. The van der Waals surface area contributed by atoms with Gasteiger partial charge >= 0.3 is 12.1 Å². The van der Waals surface area contributed by atoms with Gasteiger partial charge in [0.15, 0.2) is 5.69 Å². The molecule has 0 aliphatic rings. The van der Waals surface area contributed by atoms with E-state index in [9.17, 15) is 22.4 Å². The average Bonchev–Trinajstić information content (AvgIpc) is 2.89. The summed E-state index contributed by atoms with van der Waals surface area (Å²) in [7, 11) is 1.13. The molecule has 0 aliphatic carbocycles. The first-order chi connectivity index (χ1) is 9.74. The lowest BCUT2D eigenvalue weighted by molar-refractivity contribution is -0.140. The summed E-state index contributed by atoms with van der Waals surface area (Å²) in [5, 5.41) is 0. The fraction of sp³-hybridized carbons (Fsp3) is 0.167. The van der Waals surface area contributed by atoms with Gasteiger partial charge in [0, 0.05) is 10.7 Å². The second kappa shape index (κ2) is 5.47.